The Morgan fingerprint density at radius 2 is 1.97 bits per heavy atom. The fraction of sp³-hybridized carbons (Fsp3) is 0.286. The van der Waals surface area contributed by atoms with Gasteiger partial charge in [-0.15, -0.1) is 0 Å². The van der Waals surface area contributed by atoms with Gasteiger partial charge in [-0.2, -0.15) is 0 Å². The minimum Gasteiger partial charge on any atom is -0.497 e. The molecule has 0 fully saturated rings. The topological polar surface area (TPSA) is 70.4 Å². The number of thioether (sulfide) groups is 1. The Kier molecular flexibility index (Phi) is 6.82. The molecule has 0 N–H and O–H groups in total. The Balaban J connectivity index is 1.92. The van der Waals surface area contributed by atoms with Crippen LogP contribution in [0, 0.1) is 0 Å². The smallest absolute Gasteiger partial charge is 0.262 e. The van der Waals surface area contributed by atoms with Crippen LogP contribution in [-0.4, -0.2) is 35.3 Å². The fourth-order valence-corrected chi connectivity index (χ4v) is 4.02. The van der Waals surface area contributed by atoms with Gasteiger partial charge in [-0.05, 0) is 36.8 Å². The summed E-state index contributed by atoms with van der Waals surface area (Å²) in [5.41, 5.74) is 0.839. The molecule has 1 heterocycles. The van der Waals surface area contributed by atoms with E-state index in [1.807, 2.05) is 6.92 Å². The summed E-state index contributed by atoms with van der Waals surface area (Å²) in [7, 11) is 3.06. The van der Waals surface area contributed by atoms with Crippen molar-refractivity contribution < 1.29 is 14.3 Å². The second-order valence-corrected chi connectivity index (χ2v) is 7.67. The first kappa shape index (κ1) is 21.2. The van der Waals surface area contributed by atoms with Crippen LogP contribution in [0.5, 0.6) is 11.5 Å². The lowest BCUT2D eigenvalue weighted by Crippen LogP contribution is -2.23. The molecule has 0 aliphatic rings. The Labute approximate surface area is 177 Å². The van der Waals surface area contributed by atoms with Crippen LogP contribution < -0.4 is 15.0 Å². The third-order valence-electron chi connectivity index (χ3n) is 4.37. The highest BCUT2D eigenvalue weighted by atomic mass is 35.5. The van der Waals surface area contributed by atoms with Crippen LogP contribution in [0.25, 0.3) is 10.9 Å². The summed E-state index contributed by atoms with van der Waals surface area (Å²) in [6.07, 6.45) is 0.772. The summed E-state index contributed by atoms with van der Waals surface area (Å²) in [5.74, 6) is 1.04. The van der Waals surface area contributed by atoms with Crippen molar-refractivity contribution in [1.29, 1.82) is 0 Å². The second-order valence-electron chi connectivity index (χ2n) is 6.29. The molecule has 0 atom stereocenters. The van der Waals surface area contributed by atoms with E-state index in [9.17, 15) is 9.59 Å². The molecule has 0 spiro atoms. The standard InChI is InChI=1S/C21H21ClN2O4S/c1-4-9-24-20(26)15-7-5-13(22)10-17(15)23-21(24)29-12-18(25)16-8-6-14(27-2)11-19(16)28-3/h5-8,10-11H,4,9,12H2,1-3H3. The van der Waals surface area contributed by atoms with E-state index in [1.54, 1.807) is 48.1 Å². The zero-order valence-corrected chi connectivity index (χ0v) is 18.0. The van der Waals surface area contributed by atoms with Crippen molar-refractivity contribution in [1.82, 2.24) is 9.55 Å². The molecule has 8 heteroatoms. The number of carbonyl (C=O) groups is 1. The van der Waals surface area contributed by atoms with Gasteiger partial charge in [-0.3, -0.25) is 14.2 Å². The fourth-order valence-electron chi connectivity index (χ4n) is 2.94. The lowest BCUT2D eigenvalue weighted by Gasteiger charge is -2.13. The largest absolute Gasteiger partial charge is 0.497 e. The number of Topliss-reactive ketones (excluding diaryl/α,β-unsaturated/α-hetero) is 1. The third-order valence-corrected chi connectivity index (χ3v) is 5.58. The van der Waals surface area contributed by atoms with Crippen LogP contribution in [0.3, 0.4) is 0 Å². The van der Waals surface area contributed by atoms with Gasteiger partial charge in [-0.1, -0.05) is 30.3 Å². The molecule has 6 nitrogen and oxygen atoms in total. The molecular weight excluding hydrogens is 412 g/mol. The molecule has 2 aromatic carbocycles. The van der Waals surface area contributed by atoms with Crippen molar-refractivity contribution in [2.24, 2.45) is 0 Å². The number of ketones is 1. The normalized spacial score (nSPS) is 10.9. The number of hydrogen-bond donors (Lipinski definition) is 0. The molecule has 1 aromatic heterocycles. The number of methoxy groups -OCH3 is 2. The van der Waals surface area contributed by atoms with Gasteiger partial charge in [0, 0.05) is 17.6 Å². The molecule has 0 radical (unpaired) electrons. The van der Waals surface area contributed by atoms with Crippen LogP contribution in [0.15, 0.2) is 46.3 Å². The number of benzene rings is 2. The molecule has 0 saturated carbocycles. The van der Waals surface area contributed by atoms with E-state index in [-0.39, 0.29) is 17.1 Å². The molecule has 0 unspecified atom stereocenters. The number of fused-ring (bicyclic) bond motifs is 1. The molecule has 0 aliphatic carbocycles. The Hall–Kier alpha value is -2.51. The van der Waals surface area contributed by atoms with Crippen molar-refractivity contribution in [2.75, 3.05) is 20.0 Å². The van der Waals surface area contributed by atoms with E-state index < -0.39 is 0 Å². The first-order valence-electron chi connectivity index (χ1n) is 9.06. The molecule has 3 rings (SSSR count). The number of hydrogen-bond acceptors (Lipinski definition) is 6. The van der Waals surface area contributed by atoms with Crippen molar-refractivity contribution in [3.63, 3.8) is 0 Å². The van der Waals surface area contributed by atoms with Gasteiger partial charge in [0.1, 0.15) is 11.5 Å². The molecule has 0 aliphatic heterocycles. The van der Waals surface area contributed by atoms with Gasteiger partial charge in [0.05, 0.1) is 36.4 Å². The van der Waals surface area contributed by atoms with Gasteiger partial charge in [0.15, 0.2) is 10.9 Å². The number of rotatable bonds is 8. The summed E-state index contributed by atoms with van der Waals surface area (Å²) in [6, 6.07) is 10.1. The monoisotopic (exact) mass is 432 g/mol. The van der Waals surface area contributed by atoms with Crippen molar-refractivity contribution in [2.45, 2.75) is 25.0 Å². The van der Waals surface area contributed by atoms with Gasteiger partial charge in [-0.25, -0.2) is 4.98 Å². The number of ether oxygens (including phenoxy) is 2. The van der Waals surface area contributed by atoms with E-state index in [2.05, 4.69) is 4.98 Å². The quantitative estimate of drug-likeness (QED) is 0.297. The lowest BCUT2D eigenvalue weighted by molar-refractivity contribution is 0.101. The predicted octanol–water partition coefficient (Wildman–Crippen LogP) is 4.45. The van der Waals surface area contributed by atoms with Crippen LogP contribution in [-0.2, 0) is 6.54 Å². The van der Waals surface area contributed by atoms with Gasteiger partial charge >= 0.3 is 0 Å². The highest BCUT2D eigenvalue weighted by Gasteiger charge is 2.17. The third kappa shape index (κ3) is 4.57. The molecular formula is C21H21ClN2O4S. The van der Waals surface area contributed by atoms with Crippen molar-refractivity contribution >= 4 is 40.0 Å². The van der Waals surface area contributed by atoms with Crippen molar-refractivity contribution in [3.8, 4) is 11.5 Å². The average Bonchev–Trinajstić information content (AvgIpc) is 2.73. The summed E-state index contributed by atoms with van der Waals surface area (Å²) in [5, 5.41) is 1.51. The summed E-state index contributed by atoms with van der Waals surface area (Å²) >= 11 is 7.28. The van der Waals surface area contributed by atoms with Gasteiger partial charge < -0.3 is 9.47 Å². The number of halogens is 1. The minimum absolute atomic E-state index is 0.116. The minimum atomic E-state index is -0.134. The van der Waals surface area contributed by atoms with Crippen LogP contribution in [0.2, 0.25) is 5.02 Å². The van der Waals surface area contributed by atoms with E-state index >= 15 is 0 Å². The molecule has 0 amide bonds. The van der Waals surface area contributed by atoms with Crippen LogP contribution >= 0.6 is 23.4 Å². The van der Waals surface area contributed by atoms with E-state index in [0.717, 1.165) is 6.42 Å². The van der Waals surface area contributed by atoms with E-state index in [4.69, 9.17) is 21.1 Å². The first-order valence-corrected chi connectivity index (χ1v) is 10.4. The zero-order valence-electron chi connectivity index (χ0n) is 16.4. The van der Waals surface area contributed by atoms with E-state index in [0.29, 0.717) is 44.7 Å². The second kappa shape index (κ2) is 9.33. The number of carbonyl (C=O) groups excluding carboxylic acids is 1. The maximum absolute atomic E-state index is 12.9. The molecule has 3 aromatic rings. The lowest BCUT2D eigenvalue weighted by atomic mass is 10.1. The molecule has 0 bridgehead atoms. The molecule has 152 valence electrons. The van der Waals surface area contributed by atoms with Crippen molar-refractivity contribution in [3.05, 3.63) is 57.3 Å². The maximum Gasteiger partial charge on any atom is 0.262 e. The number of aromatic nitrogens is 2. The van der Waals surface area contributed by atoms with Crippen LogP contribution in [0.4, 0.5) is 0 Å². The zero-order chi connectivity index (χ0) is 21.0. The summed E-state index contributed by atoms with van der Waals surface area (Å²) < 4.78 is 12.1. The SMILES string of the molecule is CCCn1c(SCC(=O)c2ccc(OC)cc2OC)nc2cc(Cl)ccc2c1=O. The Morgan fingerprint density at radius 3 is 2.66 bits per heavy atom. The maximum atomic E-state index is 12.9. The molecule has 29 heavy (non-hydrogen) atoms. The van der Waals surface area contributed by atoms with Crippen LogP contribution in [0.1, 0.15) is 23.7 Å². The highest BCUT2D eigenvalue weighted by molar-refractivity contribution is 7.99. The predicted molar refractivity (Wildman–Crippen MR) is 116 cm³/mol. The Bertz CT molecular complexity index is 1110. The Morgan fingerprint density at radius 1 is 1.17 bits per heavy atom. The molecule has 0 saturated heterocycles. The van der Waals surface area contributed by atoms with Gasteiger partial charge in [0.2, 0.25) is 0 Å². The summed E-state index contributed by atoms with van der Waals surface area (Å²) in [6.45, 7) is 2.51. The highest BCUT2D eigenvalue weighted by Crippen LogP contribution is 2.27. The first-order chi connectivity index (χ1) is 14.0. The number of nitrogens with zero attached hydrogens (tertiary/aromatic N) is 2. The summed E-state index contributed by atoms with van der Waals surface area (Å²) in [4.78, 5) is 30.3. The average molecular weight is 433 g/mol. The van der Waals surface area contributed by atoms with E-state index in [1.165, 1.54) is 18.9 Å². The van der Waals surface area contributed by atoms with Gasteiger partial charge in [0.25, 0.3) is 5.56 Å².